The van der Waals surface area contributed by atoms with Crippen molar-refractivity contribution in [3.05, 3.63) is 48.2 Å². The molecule has 0 atom stereocenters. The summed E-state index contributed by atoms with van der Waals surface area (Å²) >= 11 is 0. The molecular weight excluding hydrogens is 274 g/mol. The highest BCUT2D eigenvalue weighted by Crippen LogP contribution is 2.29. The lowest BCUT2D eigenvalue weighted by Gasteiger charge is -2.24. The van der Waals surface area contributed by atoms with Gasteiger partial charge in [0.2, 0.25) is 0 Å². The molecule has 0 bridgehead atoms. The number of likely N-dealkylation sites (N-methyl/N-ethyl adjacent to an activating group) is 1. The number of aryl methyl sites for hydroxylation is 1. The zero-order valence-corrected chi connectivity index (χ0v) is 13.5. The van der Waals surface area contributed by atoms with Gasteiger partial charge in [0, 0.05) is 18.8 Å². The summed E-state index contributed by atoms with van der Waals surface area (Å²) < 4.78 is 0. The van der Waals surface area contributed by atoms with E-state index in [0.29, 0.717) is 12.4 Å². The minimum absolute atomic E-state index is 0.000746. The maximum absolute atomic E-state index is 12.3. The van der Waals surface area contributed by atoms with Crippen LogP contribution in [0.5, 0.6) is 0 Å². The predicted molar refractivity (Wildman–Crippen MR) is 89.0 cm³/mol. The van der Waals surface area contributed by atoms with Crippen molar-refractivity contribution in [1.29, 1.82) is 0 Å². The molecule has 1 aromatic heterocycles. The molecular formula is C18H21N3O. The number of pyridine rings is 1. The van der Waals surface area contributed by atoms with Crippen molar-refractivity contribution in [3.63, 3.8) is 0 Å². The Labute approximate surface area is 131 Å². The highest BCUT2D eigenvalue weighted by molar-refractivity contribution is 5.94. The minimum atomic E-state index is -0.173. The second-order valence-electron chi connectivity index (χ2n) is 6.51. The predicted octanol–water partition coefficient (Wildman–Crippen LogP) is 3.71. The second kappa shape index (κ2) is 5.13. The summed E-state index contributed by atoms with van der Waals surface area (Å²) in [7, 11) is 1.84. The third-order valence-corrected chi connectivity index (χ3v) is 4.35. The van der Waals surface area contributed by atoms with E-state index in [0.717, 1.165) is 11.1 Å². The van der Waals surface area contributed by atoms with E-state index in [1.165, 1.54) is 5.56 Å². The van der Waals surface area contributed by atoms with Gasteiger partial charge in [0.25, 0.3) is 0 Å². The molecule has 0 radical (unpaired) electrons. The maximum Gasteiger partial charge on any atom is 0.325 e. The Balaban J connectivity index is 1.88. The Morgan fingerprint density at radius 2 is 1.91 bits per heavy atom. The van der Waals surface area contributed by atoms with E-state index in [2.05, 4.69) is 44.0 Å². The monoisotopic (exact) mass is 295 g/mol. The zero-order valence-electron chi connectivity index (χ0n) is 13.5. The molecule has 3 rings (SSSR count). The minimum Gasteiger partial charge on any atom is -0.320 e. The molecule has 1 aromatic carbocycles. The largest absolute Gasteiger partial charge is 0.325 e. The number of benzene rings is 1. The Bertz CT molecular complexity index is 707. The lowest BCUT2D eigenvalue weighted by atomic mass is 10.1. The van der Waals surface area contributed by atoms with Gasteiger partial charge in [0.1, 0.15) is 5.82 Å². The number of hydrogen-bond donors (Lipinski definition) is 0. The number of aromatic nitrogens is 1. The fourth-order valence-corrected chi connectivity index (χ4v) is 2.72. The van der Waals surface area contributed by atoms with Crippen LogP contribution in [0.3, 0.4) is 0 Å². The number of hydrogen-bond acceptors (Lipinski definition) is 2. The van der Waals surface area contributed by atoms with E-state index >= 15 is 0 Å². The number of anilines is 1. The van der Waals surface area contributed by atoms with Gasteiger partial charge in [-0.1, -0.05) is 29.8 Å². The van der Waals surface area contributed by atoms with Crippen LogP contribution >= 0.6 is 0 Å². The van der Waals surface area contributed by atoms with E-state index in [4.69, 9.17) is 0 Å². The summed E-state index contributed by atoms with van der Waals surface area (Å²) in [5, 5.41) is 0. The number of carbonyl (C=O) groups is 1. The first kappa shape index (κ1) is 14.6. The summed E-state index contributed by atoms with van der Waals surface area (Å²) in [5.74, 6) is 0.707. The molecule has 4 nitrogen and oxygen atoms in total. The van der Waals surface area contributed by atoms with Crippen LogP contribution in [0.4, 0.5) is 10.6 Å². The van der Waals surface area contributed by atoms with Crippen molar-refractivity contribution in [3.8, 4) is 11.1 Å². The molecule has 0 aliphatic carbocycles. The maximum atomic E-state index is 12.3. The van der Waals surface area contributed by atoms with E-state index in [1.54, 1.807) is 9.80 Å². The Kier molecular flexibility index (Phi) is 3.39. The molecule has 0 unspecified atom stereocenters. The van der Waals surface area contributed by atoms with Crippen LogP contribution in [0.25, 0.3) is 11.1 Å². The fraction of sp³-hybridized carbons (Fsp3) is 0.333. The Morgan fingerprint density at radius 3 is 2.45 bits per heavy atom. The van der Waals surface area contributed by atoms with Crippen LogP contribution in [0.15, 0.2) is 42.6 Å². The Morgan fingerprint density at radius 1 is 1.14 bits per heavy atom. The molecule has 2 amide bonds. The molecule has 1 aliphatic rings. The molecule has 22 heavy (non-hydrogen) atoms. The van der Waals surface area contributed by atoms with Gasteiger partial charge in [0.15, 0.2) is 0 Å². The number of urea groups is 1. The molecule has 2 heterocycles. The van der Waals surface area contributed by atoms with Crippen LogP contribution in [-0.4, -0.2) is 35.0 Å². The van der Waals surface area contributed by atoms with E-state index in [-0.39, 0.29) is 11.6 Å². The molecule has 1 saturated heterocycles. The summed E-state index contributed by atoms with van der Waals surface area (Å²) in [6, 6.07) is 12.3. The van der Waals surface area contributed by atoms with Gasteiger partial charge >= 0.3 is 6.03 Å². The molecule has 0 N–H and O–H groups in total. The van der Waals surface area contributed by atoms with Crippen molar-refractivity contribution >= 4 is 11.8 Å². The zero-order chi connectivity index (χ0) is 15.9. The number of nitrogens with zero attached hydrogens (tertiary/aromatic N) is 3. The molecule has 114 valence electrons. The van der Waals surface area contributed by atoms with Gasteiger partial charge in [-0.05, 0) is 38.5 Å². The average Bonchev–Trinajstić information content (AvgIpc) is 2.71. The summed E-state index contributed by atoms with van der Waals surface area (Å²) in [6.07, 6.45) is 1.84. The molecule has 2 aromatic rings. The van der Waals surface area contributed by atoms with E-state index in [1.807, 2.05) is 31.4 Å². The van der Waals surface area contributed by atoms with E-state index < -0.39 is 0 Å². The van der Waals surface area contributed by atoms with Crippen molar-refractivity contribution < 1.29 is 4.79 Å². The van der Waals surface area contributed by atoms with Crippen LogP contribution in [-0.2, 0) is 0 Å². The molecule has 1 aliphatic heterocycles. The summed E-state index contributed by atoms with van der Waals surface area (Å²) in [4.78, 5) is 20.3. The first-order chi connectivity index (χ1) is 10.4. The van der Waals surface area contributed by atoms with E-state index in [9.17, 15) is 4.79 Å². The summed E-state index contributed by atoms with van der Waals surface area (Å²) in [6.45, 7) is 6.85. The van der Waals surface area contributed by atoms with Gasteiger partial charge in [-0.15, -0.1) is 0 Å². The van der Waals surface area contributed by atoms with Crippen molar-refractivity contribution in [2.75, 3.05) is 18.5 Å². The van der Waals surface area contributed by atoms with Crippen LogP contribution in [0.1, 0.15) is 19.4 Å². The van der Waals surface area contributed by atoms with Crippen LogP contribution < -0.4 is 4.90 Å². The quantitative estimate of drug-likeness (QED) is 0.847. The van der Waals surface area contributed by atoms with Gasteiger partial charge in [0.05, 0.1) is 12.1 Å². The second-order valence-corrected chi connectivity index (χ2v) is 6.51. The highest BCUT2D eigenvalue weighted by Gasteiger charge is 2.41. The molecule has 0 saturated carbocycles. The lowest BCUT2D eigenvalue weighted by Crippen LogP contribution is -2.38. The smallest absolute Gasteiger partial charge is 0.320 e. The number of amides is 2. The number of carbonyl (C=O) groups excluding carboxylic acids is 1. The molecule has 4 heteroatoms. The summed E-state index contributed by atoms with van der Waals surface area (Å²) in [5.41, 5.74) is 3.25. The third-order valence-electron chi connectivity index (χ3n) is 4.35. The molecule has 1 fully saturated rings. The normalized spacial score (nSPS) is 17.2. The standard InChI is InChI=1S/C18H21N3O/c1-13-6-5-7-14(10-13)15-8-9-16(19-11-15)21-12-18(2,3)20(4)17(21)22/h5-11H,12H2,1-4H3. The SMILES string of the molecule is Cc1cccc(-c2ccc(N3CC(C)(C)N(C)C3=O)nc2)c1. The van der Waals surface area contributed by atoms with Gasteiger partial charge in [-0.3, -0.25) is 4.90 Å². The lowest BCUT2D eigenvalue weighted by molar-refractivity contribution is 0.198. The first-order valence-electron chi connectivity index (χ1n) is 7.47. The topological polar surface area (TPSA) is 36.4 Å². The third kappa shape index (κ3) is 2.45. The first-order valence-corrected chi connectivity index (χ1v) is 7.47. The van der Waals surface area contributed by atoms with Crippen molar-refractivity contribution in [1.82, 2.24) is 9.88 Å². The van der Waals surface area contributed by atoms with Crippen LogP contribution in [0.2, 0.25) is 0 Å². The fourth-order valence-electron chi connectivity index (χ4n) is 2.72. The van der Waals surface area contributed by atoms with Gasteiger partial charge in [-0.25, -0.2) is 9.78 Å². The highest BCUT2D eigenvalue weighted by atomic mass is 16.2. The van der Waals surface area contributed by atoms with Crippen LogP contribution in [0, 0.1) is 6.92 Å². The molecule has 0 spiro atoms. The van der Waals surface area contributed by atoms with Gasteiger partial charge < -0.3 is 4.90 Å². The van der Waals surface area contributed by atoms with Crippen molar-refractivity contribution in [2.24, 2.45) is 0 Å². The number of rotatable bonds is 2. The van der Waals surface area contributed by atoms with Gasteiger partial charge in [-0.2, -0.15) is 0 Å². The average molecular weight is 295 g/mol. The Hall–Kier alpha value is -2.36. The van der Waals surface area contributed by atoms with Crippen molar-refractivity contribution in [2.45, 2.75) is 26.3 Å².